The lowest BCUT2D eigenvalue weighted by molar-refractivity contribution is -0.0394. The molecule has 0 N–H and O–H groups in total. The van der Waals surface area contributed by atoms with E-state index in [2.05, 4.69) is 45.5 Å². The molecule has 1 aromatic heterocycles. The maximum atomic E-state index is 15.2. The van der Waals surface area contributed by atoms with E-state index >= 15 is 4.39 Å². The first-order chi connectivity index (χ1) is 15.1. The highest BCUT2D eigenvalue weighted by atomic mass is 28.4. The van der Waals surface area contributed by atoms with Crippen LogP contribution in [0.4, 0.5) is 4.39 Å². The van der Waals surface area contributed by atoms with Crippen LogP contribution in [0.15, 0.2) is 43.2 Å². The van der Waals surface area contributed by atoms with E-state index in [1.165, 1.54) is 0 Å². The Labute approximate surface area is 192 Å². The second-order valence-electron chi connectivity index (χ2n) is 9.95. The van der Waals surface area contributed by atoms with Gasteiger partial charge in [0.05, 0.1) is 19.4 Å². The molecule has 2 heterocycles. The molecule has 0 radical (unpaired) electrons. The van der Waals surface area contributed by atoms with Gasteiger partial charge in [-0.2, -0.15) is 5.10 Å². The van der Waals surface area contributed by atoms with Crippen molar-refractivity contribution in [2.75, 3.05) is 19.8 Å². The van der Waals surface area contributed by atoms with E-state index in [0.717, 1.165) is 37.0 Å². The second kappa shape index (κ2) is 10.4. The molecular weight excluding hydrogens is 423 g/mol. The number of ether oxygens (including phenoxy) is 2. The van der Waals surface area contributed by atoms with Gasteiger partial charge in [-0.15, -0.1) is 6.58 Å². The normalized spacial score (nSPS) is 18.5. The fourth-order valence-corrected chi connectivity index (χ4v) is 4.46. The minimum absolute atomic E-state index is 0.0363. The van der Waals surface area contributed by atoms with Crippen molar-refractivity contribution in [1.82, 2.24) is 9.78 Å². The zero-order valence-electron chi connectivity index (χ0n) is 20.1. The quantitative estimate of drug-likeness (QED) is 0.310. The first-order valence-corrected chi connectivity index (χ1v) is 14.4. The molecule has 32 heavy (non-hydrogen) atoms. The maximum absolute atomic E-state index is 15.2. The lowest BCUT2D eigenvalue weighted by Gasteiger charge is -2.37. The van der Waals surface area contributed by atoms with Crippen molar-refractivity contribution in [1.29, 1.82) is 0 Å². The van der Waals surface area contributed by atoms with Gasteiger partial charge in [-0.25, -0.2) is 9.07 Å². The van der Waals surface area contributed by atoms with E-state index in [1.807, 2.05) is 16.9 Å². The Balaban J connectivity index is 1.77. The van der Waals surface area contributed by atoms with Gasteiger partial charge in [0.2, 0.25) is 0 Å². The SMILES string of the molecule is C=CCOC(CO[Si](C)(C)C(C)(C)C)c1ccc(-c2cnn(C3CCCCO3)c2)cc1F. The number of hydrogen-bond donors (Lipinski definition) is 0. The Hall–Kier alpha value is -1.80. The summed E-state index contributed by atoms with van der Waals surface area (Å²) in [4.78, 5) is 0. The zero-order chi connectivity index (χ0) is 23.4. The van der Waals surface area contributed by atoms with Gasteiger partial charge < -0.3 is 13.9 Å². The molecular formula is C25H37FN2O3Si. The standard InChI is InChI=1S/C25H37FN2O3Si/c1-7-13-29-23(18-31-32(5,6)25(2,3)4)21-12-11-19(15-22(21)26)20-16-27-28(17-20)24-10-8-9-14-30-24/h7,11-12,15-17,23-24H,1,8-10,13-14,18H2,2-6H3. The zero-order valence-corrected chi connectivity index (χ0v) is 21.1. The van der Waals surface area contributed by atoms with Crippen LogP contribution in [0.5, 0.6) is 0 Å². The van der Waals surface area contributed by atoms with Crippen molar-refractivity contribution in [3.05, 3.63) is 54.6 Å². The predicted octanol–water partition coefficient (Wildman–Crippen LogP) is 6.65. The van der Waals surface area contributed by atoms with Crippen molar-refractivity contribution in [2.24, 2.45) is 0 Å². The summed E-state index contributed by atoms with van der Waals surface area (Å²) in [6.07, 6.45) is 8.01. The van der Waals surface area contributed by atoms with Crippen LogP contribution in [0.25, 0.3) is 11.1 Å². The summed E-state index contributed by atoms with van der Waals surface area (Å²) in [6.45, 7) is 16.1. The van der Waals surface area contributed by atoms with Crippen LogP contribution in [0.3, 0.4) is 0 Å². The summed E-state index contributed by atoms with van der Waals surface area (Å²) in [7, 11) is -1.99. The Morgan fingerprint density at radius 1 is 1.31 bits per heavy atom. The molecule has 0 saturated carbocycles. The molecule has 0 amide bonds. The van der Waals surface area contributed by atoms with Gasteiger partial charge in [0.25, 0.3) is 0 Å². The third-order valence-corrected chi connectivity index (χ3v) is 11.1. The van der Waals surface area contributed by atoms with Gasteiger partial charge in [0.15, 0.2) is 8.32 Å². The molecule has 0 spiro atoms. The molecule has 1 fully saturated rings. The van der Waals surface area contributed by atoms with Crippen molar-refractivity contribution in [2.45, 2.75) is 70.5 Å². The van der Waals surface area contributed by atoms with Crippen molar-refractivity contribution in [3.8, 4) is 11.1 Å². The fraction of sp³-hybridized carbons (Fsp3) is 0.560. The predicted molar refractivity (Wildman–Crippen MR) is 129 cm³/mol. The van der Waals surface area contributed by atoms with Crippen LogP contribution < -0.4 is 0 Å². The van der Waals surface area contributed by atoms with E-state index in [0.29, 0.717) is 18.8 Å². The topological polar surface area (TPSA) is 45.5 Å². The summed E-state index contributed by atoms with van der Waals surface area (Å²) in [5.41, 5.74) is 2.14. The number of halogens is 1. The summed E-state index contributed by atoms with van der Waals surface area (Å²) in [5.74, 6) is -0.308. The van der Waals surface area contributed by atoms with E-state index in [-0.39, 0.29) is 17.1 Å². The first-order valence-electron chi connectivity index (χ1n) is 11.4. The van der Waals surface area contributed by atoms with Crippen molar-refractivity contribution >= 4 is 8.32 Å². The smallest absolute Gasteiger partial charge is 0.192 e. The first kappa shape index (κ1) is 24.8. The largest absolute Gasteiger partial charge is 0.414 e. The molecule has 0 bridgehead atoms. The van der Waals surface area contributed by atoms with Gasteiger partial charge in [0, 0.05) is 23.9 Å². The van der Waals surface area contributed by atoms with Crippen LogP contribution in [-0.4, -0.2) is 37.9 Å². The molecule has 3 rings (SSSR count). The number of nitrogens with zero attached hydrogens (tertiary/aromatic N) is 2. The van der Waals surface area contributed by atoms with Gasteiger partial charge in [-0.05, 0) is 49.0 Å². The number of hydrogen-bond acceptors (Lipinski definition) is 4. The Morgan fingerprint density at radius 3 is 2.72 bits per heavy atom. The summed E-state index contributed by atoms with van der Waals surface area (Å²) in [6, 6.07) is 5.26. The Kier molecular flexibility index (Phi) is 8.09. The van der Waals surface area contributed by atoms with Gasteiger partial charge in [-0.1, -0.05) is 39.0 Å². The molecule has 2 unspecified atom stereocenters. The molecule has 1 saturated heterocycles. The minimum atomic E-state index is -1.99. The molecule has 1 aliphatic heterocycles. The molecule has 0 aliphatic carbocycles. The van der Waals surface area contributed by atoms with Crippen LogP contribution in [-0.2, 0) is 13.9 Å². The van der Waals surface area contributed by atoms with Crippen LogP contribution in [0.1, 0.15) is 57.9 Å². The minimum Gasteiger partial charge on any atom is -0.414 e. The van der Waals surface area contributed by atoms with E-state index < -0.39 is 14.4 Å². The van der Waals surface area contributed by atoms with Crippen LogP contribution in [0, 0.1) is 5.82 Å². The average molecular weight is 461 g/mol. The highest BCUT2D eigenvalue weighted by Crippen LogP contribution is 2.38. The molecule has 5 nitrogen and oxygen atoms in total. The molecule has 1 aliphatic rings. The molecule has 2 aromatic rings. The van der Waals surface area contributed by atoms with Gasteiger partial charge in [0.1, 0.15) is 18.1 Å². The molecule has 2 atom stereocenters. The highest BCUT2D eigenvalue weighted by Gasteiger charge is 2.38. The molecule has 1 aromatic carbocycles. The lowest BCUT2D eigenvalue weighted by Crippen LogP contribution is -2.42. The average Bonchev–Trinajstić information content (AvgIpc) is 3.24. The lowest BCUT2D eigenvalue weighted by atomic mass is 10.0. The van der Waals surface area contributed by atoms with Crippen LogP contribution in [0.2, 0.25) is 18.1 Å². The van der Waals surface area contributed by atoms with Crippen molar-refractivity contribution < 1.29 is 18.3 Å². The Morgan fingerprint density at radius 2 is 2.09 bits per heavy atom. The van der Waals surface area contributed by atoms with Crippen molar-refractivity contribution in [3.63, 3.8) is 0 Å². The van der Waals surface area contributed by atoms with Crippen LogP contribution >= 0.6 is 0 Å². The van der Waals surface area contributed by atoms with Gasteiger partial charge in [-0.3, -0.25) is 0 Å². The number of benzene rings is 1. The molecule has 7 heteroatoms. The number of rotatable bonds is 9. The maximum Gasteiger partial charge on any atom is 0.192 e. The fourth-order valence-electron chi connectivity index (χ4n) is 3.46. The highest BCUT2D eigenvalue weighted by molar-refractivity contribution is 6.74. The second-order valence-corrected chi connectivity index (χ2v) is 14.8. The van der Waals surface area contributed by atoms with E-state index in [9.17, 15) is 0 Å². The summed E-state index contributed by atoms with van der Waals surface area (Å²) < 4.78 is 35.1. The monoisotopic (exact) mass is 460 g/mol. The third-order valence-electron chi connectivity index (χ3n) is 6.55. The van der Waals surface area contributed by atoms with Gasteiger partial charge >= 0.3 is 0 Å². The Bertz CT molecular complexity index is 901. The third kappa shape index (κ3) is 5.95. The van der Waals surface area contributed by atoms with E-state index in [1.54, 1.807) is 24.4 Å². The summed E-state index contributed by atoms with van der Waals surface area (Å²) in [5, 5.41) is 4.51. The number of aromatic nitrogens is 2. The molecule has 176 valence electrons. The van der Waals surface area contributed by atoms with E-state index in [4.69, 9.17) is 13.9 Å². The summed E-state index contributed by atoms with van der Waals surface area (Å²) >= 11 is 0.